The quantitative estimate of drug-likeness (QED) is 0.836. The smallest absolute Gasteiger partial charge is 0.264 e. The van der Waals surface area contributed by atoms with Crippen LogP contribution in [-0.4, -0.2) is 19.3 Å². The van der Waals surface area contributed by atoms with Crippen molar-refractivity contribution in [3.05, 3.63) is 41.6 Å². The van der Waals surface area contributed by atoms with Crippen molar-refractivity contribution in [3.8, 4) is 0 Å². The van der Waals surface area contributed by atoms with Gasteiger partial charge in [-0.05, 0) is 50.7 Å². The first-order valence-electron chi connectivity index (χ1n) is 7.38. The highest BCUT2D eigenvalue weighted by Gasteiger charge is 2.33. The summed E-state index contributed by atoms with van der Waals surface area (Å²) in [5.74, 6) is 0.442. The topological polar surface area (TPSA) is 37.4 Å². The van der Waals surface area contributed by atoms with Crippen LogP contribution >= 0.6 is 0 Å². The Hall–Kier alpha value is -1.29. The molecule has 108 valence electrons. The van der Waals surface area contributed by atoms with Crippen molar-refractivity contribution in [3.63, 3.8) is 0 Å². The third-order valence-corrected chi connectivity index (χ3v) is 6.19. The third kappa shape index (κ3) is 2.37. The van der Waals surface area contributed by atoms with Gasteiger partial charge in [0.1, 0.15) is 0 Å². The van der Waals surface area contributed by atoms with Crippen LogP contribution in [0.15, 0.2) is 40.9 Å². The largest absolute Gasteiger partial charge is 0.270 e. The first-order chi connectivity index (χ1) is 9.59. The van der Waals surface area contributed by atoms with E-state index in [0.717, 1.165) is 43.4 Å². The zero-order chi connectivity index (χ0) is 14.2. The molecule has 3 rings (SSSR count). The van der Waals surface area contributed by atoms with Crippen LogP contribution in [0.5, 0.6) is 0 Å². The summed E-state index contributed by atoms with van der Waals surface area (Å²) in [6.45, 7) is 2.59. The van der Waals surface area contributed by atoms with Gasteiger partial charge in [0.05, 0.1) is 4.90 Å². The molecule has 1 atom stereocenters. The van der Waals surface area contributed by atoms with Crippen LogP contribution in [0.4, 0.5) is 0 Å². The molecule has 0 spiro atoms. The molecule has 4 heteroatoms. The fourth-order valence-corrected chi connectivity index (χ4v) is 4.82. The van der Waals surface area contributed by atoms with Crippen LogP contribution in [0.1, 0.15) is 37.7 Å². The van der Waals surface area contributed by atoms with Crippen LogP contribution in [0.25, 0.3) is 0 Å². The molecule has 0 bridgehead atoms. The van der Waals surface area contributed by atoms with E-state index in [4.69, 9.17) is 0 Å². The summed E-state index contributed by atoms with van der Waals surface area (Å²) in [5.41, 5.74) is 2.13. The van der Waals surface area contributed by atoms with Crippen molar-refractivity contribution in [2.45, 2.75) is 43.9 Å². The lowest BCUT2D eigenvalue weighted by molar-refractivity contribution is 0.448. The van der Waals surface area contributed by atoms with Crippen molar-refractivity contribution in [2.24, 2.45) is 5.92 Å². The van der Waals surface area contributed by atoms with Crippen LogP contribution in [0.3, 0.4) is 0 Å². The van der Waals surface area contributed by atoms with Crippen LogP contribution in [0, 0.1) is 12.8 Å². The van der Waals surface area contributed by atoms with Gasteiger partial charge in [0.2, 0.25) is 0 Å². The Balaban J connectivity index is 1.99. The van der Waals surface area contributed by atoms with Crippen LogP contribution in [-0.2, 0) is 10.0 Å². The molecule has 0 aromatic heterocycles. The molecule has 1 heterocycles. The highest BCUT2D eigenvalue weighted by molar-refractivity contribution is 7.89. The Bertz CT molecular complexity index is 616. The maximum Gasteiger partial charge on any atom is 0.264 e. The Labute approximate surface area is 121 Å². The normalized spacial score (nSPS) is 23.1. The molecule has 3 nitrogen and oxygen atoms in total. The van der Waals surface area contributed by atoms with Crippen molar-refractivity contribution in [1.29, 1.82) is 0 Å². The molecular formula is C16H21NO2S. The molecule has 2 aliphatic rings. The molecule has 0 saturated carbocycles. The fourth-order valence-electron chi connectivity index (χ4n) is 3.22. The number of sulfonamides is 1. The molecule has 1 saturated heterocycles. The summed E-state index contributed by atoms with van der Waals surface area (Å²) in [4.78, 5) is 0.413. The molecule has 0 amide bonds. The zero-order valence-corrected chi connectivity index (χ0v) is 12.7. The highest BCUT2D eigenvalue weighted by Crippen LogP contribution is 2.38. The van der Waals surface area contributed by atoms with Crippen LogP contribution < -0.4 is 0 Å². The van der Waals surface area contributed by atoms with Gasteiger partial charge < -0.3 is 0 Å². The molecule has 20 heavy (non-hydrogen) atoms. The van der Waals surface area contributed by atoms with Crippen molar-refractivity contribution < 1.29 is 8.42 Å². The molecular weight excluding hydrogens is 270 g/mol. The first-order valence-corrected chi connectivity index (χ1v) is 8.82. The second-order valence-corrected chi connectivity index (χ2v) is 7.65. The van der Waals surface area contributed by atoms with E-state index in [0.29, 0.717) is 17.4 Å². The molecule has 0 N–H and O–H groups in total. The van der Waals surface area contributed by atoms with E-state index < -0.39 is 10.0 Å². The maximum absolute atomic E-state index is 12.9. The van der Waals surface area contributed by atoms with Crippen molar-refractivity contribution >= 4 is 10.0 Å². The lowest BCUT2D eigenvalue weighted by atomic mass is 10.0. The summed E-state index contributed by atoms with van der Waals surface area (Å²) in [5, 5.41) is 0. The van der Waals surface area contributed by atoms with Gasteiger partial charge in [-0.25, -0.2) is 8.42 Å². The predicted molar refractivity (Wildman–Crippen MR) is 79.7 cm³/mol. The maximum atomic E-state index is 12.9. The van der Waals surface area contributed by atoms with Gasteiger partial charge in [-0.1, -0.05) is 30.2 Å². The van der Waals surface area contributed by atoms with E-state index >= 15 is 0 Å². The molecule has 1 unspecified atom stereocenters. The molecule has 1 aromatic rings. The number of nitrogens with zero attached hydrogens (tertiary/aromatic N) is 1. The summed E-state index contributed by atoms with van der Waals surface area (Å²) in [7, 11) is -3.39. The molecule has 1 aromatic carbocycles. The van der Waals surface area contributed by atoms with Crippen molar-refractivity contribution in [2.75, 3.05) is 6.54 Å². The minimum atomic E-state index is -3.39. The standard InChI is InChI=1S/C16H21NO2S/c1-13-8-10-15(11-9-13)20(18,19)17-12-3-2-5-14-6-4-7-16(14)17/h7-11,14H,2-6,12H2,1H3. The van der Waals surface area contributed by atoms with E-state index in [1.54, 1.807) is 16.4 Å². The Morgan fingerprint density at radius 2 is 1.85 bits per heavy atom. The van der Waals surface area contributed by atoms with Gasteiger partial charge in [0, 0.05) is 12.2 Å². The SMILES string of the molecule is Cc1ccc(S(=O)(=O)N2CCCCC3CCC=C32)cc1. The summed E-state index contributed by atoms with van der Waals surface area (Å²) in [6.07, 6.45) is 7.46. The number of benzene rings is 1. The second-order valence-electron chi connectivity index (χ2n) is 5.79. The number of hydrogen-bond acceptors (Lipinski definition) is 2. The van der Waals surface area contributed by atoms with Gasteiger partial charge in [-0.2, -0.15) is 0 Å². The number of aryl methyl sites for hydroxylation is 1. The van der Waals surface area contributed by atoms with Crippen molar-refractivity contribution in [1.82, 2.24) is 4.31 Å². The molecule has 1 fully saturated rings. The monoisotopic (exact) mass is 291 g/mol. The van der Waals surface area contributed by atoms with Gasteiger partial charge in [0.25, 0.3) is 10.0 Å². The average Bonchev–Trinajstić information content (AvgIpc) is 2.78. The van der Waals surface area contributed by atoms with E-state index in [9.17, 15) is 8.42 Å². The minimum Gasteiger partial charge on any atom is -0.270 e. The van der Waals surface area contributed by atoms with Gasteiger partial charge in [-0.15, -0.1) is 0 Å². The summed E-state index contributed by atoms with van der Waals surface area (Å²) < 4.78 is 27.4. The molecule has 1 aliphatic heterocycles. The zero-order valence-electron chi connectivity index (χ0n) is 11.9. The van der Waals surface area contributed by atoms with E-state index in [2.05, 4.69) is 6.08 Å². The van der Waals surface area contributed by atoms with Gasteiger partial charge in [0.15, 0.2) is 0 Å². The Morgan fingerprint density at radius 3 is 2.60 bits per heavy atom. The third-order valence-electron chi connectivity index (χ3n) is 4.35. The summed E-state index contributed by atoms with van der Waals surface area (Å²) in [6, 6.07) is 7.18. The predicted octanol–water partition coefficient (Wildman–Crippen LogP) is 3.46. The lowest BCUT2D eigenvalue weighted by Crippen LogP contribution is -2.31. The Morgan fingerprint density at radius 1 is 1.10 bits per heavy atom. The molecule has 0 radical (unpaired) electrons. The van der Waals surface area contributed by atoms with E-state index in [1.165, 1.54) is 0 Å². The van der Waals surface area contributed by atoms with E-state index in [-0.39, 0.29) is 0 Å². The first kappa shape index (κ1) is 13.7. The number of fused-ring (bicyclic) bond motifs is 1. The van der Waals surface area contributed by atoms with E-state index in [1.807, 2.05) is 19.1 Å². The highest BCUT2D eigenvalue weighted by atomic mass is 32.2. The Kier molecular flexibility index (Phi) is 3.59. The number of rotatable bonds is 2. The fraction of sp³-hybridized carbons (Fsp3) is 0.500. The summed E-state index contributed by atoms with van der Waals surface area (Å²) >= 11 is 0. The van der Waals surface area contributed by atoms with Gasteiger partial charge >= 0.3 is 0 Å². The lowest BCUT2D eigenvalue weighted by Gasteiger charge is -2.26. The average molecular weight is 291 g/mol. The van der Waals surface area contributed by atoms with Crippen LogP contribution in [0.2, 0.25) is 0 Å². The van der Waals surface area contributed by atoms with Gasteiger partial charge in [-0.3, -0.25) is 4.31 Å². The second kappa shape index (κ2) is 5.24. The minimum absolute atomic E-state index is 0.413. The molecule has 1 aliphatic carbocycles. The number of allylic oxidation sites excluding steroid dienone is 2. The number of hydrogen-bond donors (Lipinski definition) is 0.